The number of hydrogen-bond acceptors (Lipinski definition) is 2. The third-order valence-corrected chi connectivity index (χ3v) is 5.58. The Bertz CT molecular complexity index is 724. The highest BCUT2D eigenvalue weighted by molar-refractivity contribution is 5.85. The maximum absolute atomic E-state index is 9.89. The second kappa shape index (κ2) is 4.61. The number of H-pyrrole nitrogens is 1. The minimum atomic E-state index is -0.228. The molecule has 0 radical (unpaired) electrons. The summed E-state index contributed by atoms with van der Waals surface area (Å²) in [4.78, 5) is 6.18. The predicted octanol–water partition coefficient (Wildman–Crippen LogP) is 3.78. The van der Waals surface area contributed by atoms with Crippen LogP contribution in [0, 0.1) is 16.7 Å². The van der Waals surface area contributed by atoms with Gasteiger partial charge in [-0.3, -0.25) is 4.90 Å². The van der Waals surface area contributed by atoms with Gasteiger partial charge in [-0.25, -0.2) is 0 Å². The zero-order chi connectivity index (χ0) is 14.4. The fraction of sp³-hybridized carbons (Fsp3) is 0.500. The van der Waals surface area contributed by atoms with Gasteiger partial charge in [0.1, 0.15) is 0 Å². The molecule has 1 fully saturated rings. The summed E-state index contributed by atoms with van der Waals surface area (Å²) in [5.74, 6) is 0. The number of para-hydroxylation sites is 1. The van der Waals surface area contributed by atoms with Crippen LogP contribution in [-0.4, -0.2) is 23.0 Å². The van der Waals surface area contributed by atoms with E-state index in [4.69, 9.17) is 0 Å². The monoisotopic (exact) mass is 279 g/mol. The molecule has 108 valence electrons. The Balaban J connectivity index is 1.93. The second-order valence-electron chi connectivity index (χ2n) is 6.48. The summed E-state index contributed by atoms with van der Waals surface area (Å²) < 4.78 is 0. The largest absolute Gasteiger partial charge is 0.357 e. The first-order valence-corrected chi connectivity index (χ1v) is 8.04. The van der Waals surface area contributed by atoms with E-state index in [1.165, 1.54) is 22.2 Å². The number of fused-ring (bicyclic) bond motifs is 5. The van der Waals surface area contributed by atoms with Gasteiger partial charge >= 0.3 is 0 Å². The van der Waals surface area contributed by atoms with Crippen LogP contribution in [0.5, 0.6) is 0 Å². The van der Waals surface area contributed by atoms with Gasteiger partial charge in [0.05, 0.1) is 17.5 Å². The van der Waals surface area contributed by atoms with Crippen molar-refractivity contribution in [3.05, 3.63) is 35.5 Å². The lowest BCUT2D eigenvalue weighted by molar-refractivity contribution is 0.0365. The van der Waals surface area contributed by atoms with Gasteiger partial charge in [0.15, 0.2) is 0 Å². The van der Waals surface area contributed by atoms with Crippen molar-refractivity contribution in [3.63, 3.8) is 0 Å². The third kappa shape index (κ3) is 1.69. The van der Waals surface area contributed by atoms with Crippen LogP contribution in [-0.2, 0) is 6.42 Å². The van der Waals surface area contributed by atoms with Crippen molar-refractivity contribution < 1.29 is 0 Å². The van der Waals surface area contributed by atoms with Crippen LogP contribution in [0.2, 0.25) is 0 Å². The van der Waals surface area contributed by atoms with Crippen molar-refractivity contribution in [1.29, 1.82) is 5.26 Å². The molecule has 3 heteroatoms. The molecule has 2 aromatic rings. The van der Waals surface area contributed by atoms with Gasteiger partial charge in [-0.15, -0.1) is 0 Å². The van der Waals surface area contributed by atoms with Crippen molar-refractivity contribution in [2.75, 3.05) is 13.1 Å². The average molecular weight is 279 g/mol. The van der Waals surface area contributed by atoms with Crippen LogP contribution in [0.1, 0.15) is 43.5 Å². The van der Waals surface area contributed by atoms with E-state index in [0.717, 1.165) is 38.8 Å². The summed E-state index contributed by atoms with van der Waals surface area (Å²) in [7, 11) is 0. The zero-order valence-corrected chi connectivity index (χ0v) is 12.5. The smallest absolute Gasteiger partial charge is 0.0782 e. The number of aromatic nitrogens is 1. The number of aromatic amines is 1. The van der Waals surface area contributed by atoms with E-state index in [0.29, 0.717) is 0 Å². The van der Waals surface area contributed by atoms with E-state index in [-0.39, 0.29) is 11.5 Å². The van der Waals surface area contributed by atoms with Crippen molar-refractivity contribution in [2.24, 2.45) is 5.41 Å². The molecule has 0 amide bonds. The summed E-state index contributed by atoms with van der Waals surface area (Å²) in [6, 6.07) is 11.5. The van der Waals surface area contributed by atoms with Gasteiger partial charge < -0.3 is 4.98 Å². The molecule has 3 nitrogen and oxygen atoms in total. The first-order valence-electron chi connectivity index (χ1n) is 8.04. The molecule has 21 heavy (non-hydrogen) atoms. The Hall–Kier alpha value is -1.79. The highest BCUT2D eigenvalue weighted by Gasteiger charge is 2.47. The number of benzene rings is 1. The fourth-order valence-corrected chi connectivity index (χ4v) is 4.46. The lowest BCUT2D eigenvalue weighted by Crippen LogP contribution is -2.48. The molecular formula is C18H21N3. The van der Waals surface area contributed by atoms with E-state index in [1.807, 2.05) is 0 Å². The summed E-state index contributed by atoms with van der Waals surface area (Å²) in [6.45, 7) is 4.38. The molecule has 2 aliphatic heterocycles. The van der Waals surface area contributed by atoms with Gasteiger partial charge in [0.2, 0.25) is 0 Å². The Morgan fingerprint density at radius 1 is 1.38 bits per heavy atom. The molecule has 1 N–H and O–H groups in total. The van der Waals surface area contributed by atoms with Crippen LogP contribution in [0.25, 0.3) is 10.9 Å². The summed E-state index contributed by atoms with van der Waals surface area (Å²) in [5, 5.41) is 11.2. The van der Waals surface area contributed by atoms with Gasteiger partial charge in [-0.2, -0.15) is 5.26 Å². The van der Waals surface area contributed by atoms with Crippen LogP contribution >= 0.6 is 0 Å². The topological polar surface area (TPSA) is 42.8 Å². The lowest BCUT2D eigenvalue weighted by atomic mass is 9.69. The summed E-state index contributed by atoms with van der Waals surface area (Å²) in [5.41, 5.74) is 3.75. The van der Waals surface area contributed by atoms with Gasteiger partial charge in [-0.1, -0.05) is 25.1 Å². The summed E-state index contributed by atoms with van der Waals surface area (Å²) in [6.07, 6.45) is 4.20. The van der Waals surface area contributed by atoms with E-state index in [2.05, 4.69) is 47.1 Å². The predicted molar refractivity (Wildman–Crippen MR) is 83.9 cm³/mol. The molecule has 1 aromatic carbocycles. The molecule has 3 heterocycles. The van der Waals surface area contributed by atoms with Crippen LogP contribution in [0.4, 0.5) is 0 Å². The molecule has 0 spiro atoms. The number of hydrogen-bond donors (Lipinski definition) is 1. The van der Waals surface area contributed by atoms with E-state index in [9.17, 15) is 5.26 Å². The zero-order valence-electron chi connectivity index (χ0n) is 12.5. The molecule has 2 atom stereocenters. The number of nitriles is 1. The SMILES string of the molecule is CC[C@@]1(C#N)CCCN2CCc3c([nH]c4ccccc34)[C@@H]21. The Morgan fingerprint density at radius 2 is 2.24 bits per heavy atom. The first-order chi connectivity index (χ1) is 10.3. The molecule has 1 aromatic heterocycles. The normalized spacial score (nSPS) is 28.9. The number of rotatable bonds is 1. The molecule has 1 saturated heterocycles. The molecule has 0 aliphatic carbocycles. The lowest BCUT2D eigenvalue weighted by Gasteiger charge is -2.48. The molecule has 0 saturated carbocycles. The average Bonchev–Trinajstić information content (AvgIpc) is 2.92. The maximum atomic E-state index is 9.89. The number of piperidine rings is 1. The quantitative estimate of drug-likeness (QED) is 0.863. The van der Waals surface area contributed by atoms with Gasteiger partial charge in [0, 0.05) is 23.1 Å². The number of nitrogens with one attached hydrogen (secondary N) is 1. The van der Waals surface area contributed by atoms with Gasteiger partial charge in [-0.05, 0) is 43.9 Å². The van der Waals surface area contributed by atoms with Crippen LogP contribution in [0.3, 0.4) is 0 Å². The van der Waals surface area contributed by atoms with E-state index >= 15 is 0 Å². The van der Waals surface area contributed by atoms with Crippen molar-refractivity contribution in [1.82, 2.24) is 9.88 Å². The molecule has 4 rings (SSSR count). The second-order valence-corrected chi connectivity index (χ2v) is 6.48. The molecule has 0 bridgehead atoms. The molecular weight excluding hydrogens is 258 g/mol. The summed E-state index contributed by atoms with van der Waals surface area (Å²) >= 11 is 0. The maximum Gasteiger partial charge on any atom is 0.0782 e. The van der Waals surface area contributed by atoms with E-state index in [1.54, 1.807) is 0 Å². The number of nitrogens with zero attached hydrogens (tertiary/aromatic N) is 2. The molecule has 0 unspecified atom stereocenters. The van der Waals surface area contributed by atoms with E-state index < -0.39 is 0 Å². The standard InChI is InChI=1S/C18H21N3/c1-2-18(12-19)9-5-10-21-11-8-14-13-6-3-4-7-15(13)20-16(14)17(18)21/h3-4,6-7,17,20H,2,5,8-11H2,1H3/t17-,18+/m1/s1. The minimum Gasteiger partial charge on any atom is -0.357 e. The Kier molecular flexibility index (Phi) is 2.83. The van der Waals surface area contributed by atoms with Crippen LogP contribution < -0.4 is 0 Å². The van der Waals surface area contributed by atoms with Crippen LogP contribution in [0.15, 0.2) is 24.3 Å². The highest BCUT2D eigenvalue weighted by atomic mass is 15.2. The fourth-order valence-electron chi connectivity index (χ4n) is 4.46. The van der Waals surface area contributed by atoms with Crippen molar-refractivity contribution in [3.8, 4) is 6.07 Å². The Morgan fingerprint density at radius 3 is 3.05 bits per heavy atom. The van der Waals surface area contributed by atoms with Crippen molar-refractivity contribution in [2.45, 2.75) is 38.6 Å². The first kappa shape index (κ1) is 12.9. The van der Waals surface area contributed by atoms with Gasteiger partial charge in [0.25, 0.3) is 0 Å². The molecule has 2 aliphatic rings. The third-order valence-electron chi connectivity index (χ3n) is 5.58. The highest BCUT2D eigenvalue weighted by Crippen LogP contribution is 2.50. The Labute approximate surface area is 125 Å². The van der Waals surface area contributed by atoms with Crippen molar-refractivity contribution >= 4 is 10.9 Å². The minimum absolute atomic E-state index is 0.228.